The summed E-state index contributed by atoms with van der Waals surface area (Å²) < 4.78 is 0. The van der Waals surface area contributed by atoms with E-state index in [0.717, 1.165) is 37.8 Å². The highest BCUT2D eigenvalue weighted by Crippen LogP contribution is 2.31. The largest absolute Gasteiger partial charge is 0.395 e. The first kappa shape index (κ1) is 21.1. The van der Waals surface area contributed by atoms with E-state index in [1.54, 1.807) is 6.33 Å². The number of benzene rings is 2. The quantitative estimate of drug-likeness (QED) is 0.581. The molecule has 0 bridgehead atoms. The molecule has 0 atom stereocenters. The van der Waals surface area contributed by atoms with Crippen molar-refractivity contribution in [1.82, 2.24) is 14.9 Å². The first-order chi connectivity index (χ1) is 15.2. The molecule has 2 aromatic carbocycles. The number of aliphatic hydroxyl groups excluding tert-OH is 1. The van der Waals surface area contributed by atoms with Crippen LogP contribution in [-0.2, 0) is 13.1 Å². The lowest BCUT2D eigenvalue weighted by atomic mass is 10.1. The van der Waals surface area contributed by atoms with Crippen molar-refractivity contribution in [3.05, 3.63) is 78.1 Å². The number of piperazine rings is 1. The Bertz CT molecular complexity index is 903. The van der Waals surface area contributed by atoms with Crippen LogP contribution in [0.2, 0.25) is 0 Å². The van der Waals surface area contributed by atoms with Gasteiger partial charge in [0, 0.05) is 45.8 Å². The maximum Gasteiger partial charge on any atom is 0.158 e. The Hall–Kier alpha value is -3.16. The van der Waals surface area contributed by atoms with E-state index in [-0.39, 0.29) is 6.61 Å². The Kier molecular flexibility index (Phi) is 6.96. The summed E-state index contributed by atoms with van der Waals surface area (Å²) in [5, 5.41) is 9.18. The maximum absolute atomic E-state index is 9.18. The second-order valence-corrected chi connectivity index (χ2v) is 7.81. The molecule has 0 saturated carbocycles. The van der Waals surface area contributed by atoms with Gasteiger partial charge in [-0.2, -0.15) is 0 Å². The summed E-state index contributed by atoms with van der Waals surface area (Å²) in [7, 11) is 0. The van der Waals surface area contributed by atoms with Crippen LogP contribution in [0.15, 0.2) is 67.0 Å². The summed E-state index contributed by atoms with van der Waals surface area (Å²) in [4.78, 5) is 15.8. The Morgan fingerprint density at radius 2 is 1.42 bits per heavy atom. The zero-order valence-electron chi connectivity index (χ0n) is 17.8. The molecule has 1 aliphatic rings. The molecule has 0 aliphatic carbocycles. The Labute approximate surface area is 183 Å². The second kappa shape index (κ2) is 10.2. The van der Waals surface area contributed by atoms with Gasteiger partial charge >= 0.3 is 0 Å². The van der Waals surface area contributed by atoms with Crippen molar-refractivity contribution in [2.75, 3.05) is 54.9 Å². The highest BCUT2D eigenvalue weighted by molar-refractivity contribution is 5.76. The second-order valence-electron chi connectivity index (χ2n) is 7.81. The van der Waals surface area contributed by atoms with Gasteiger partial charge in [-0.3, -0.25) is 4.90 Å². The number of rotatable bonds is 8. The summed E-state index contributed by atoms with van der Waals surface area (Å²) in [6.45, 7) is 5.75. The van der Waals surface area contributed by atoms with Crippen molar-refractivity contribution in [2.45, 2.75) is 13.1 Å². The molecule has 7 heteroatoms. The monoisotopic (exact) mass is 418 g/mol. The molecule has 1 aliphatic heterocycles. The molecule has 2 heterocycles. The lowest BCUT2D eigenvalue weighted by Crippen LogP contribution is -2.47. The van der Waals surface area contributed by atoms with E-state index >= 15 is 0 Å². The maximum atomic E-state index is 9.18. The van der Waals surface area contributed by atoms with Crippen molar-refractivity contribution >= 4 is 17.3 Å². The number of nitrogen functional groups attached to an aromatic ring is 1. The zero-order chi connectivity index (χ0) is 21.5. The number of hydrogen-bond donors (Lipinski definition) is 2. The molecule has 0 spiro atoms. The van der Waals surface area contributed by atoms with Crippen LogP contribution >= 0.6 is 0 Å². The van der Waals surface area contributed by atoms with E-state index < -0.39 is 0 Å². The molecular weight excluding hydrogens is 388 g/mol. The number of nitrogens with zero attached hydrogens (tertiary/aromatic N) is 5. The van der Waals surface area contributed by atoms with Crippen molar-refractivity contribution in [3.8, 4) is 0 Å². The summed E-state index contributed by atoms with van der Waals surface area (Å²) in [5.74, 6) is 1.55. The minimum atomic E-state index is 0.188. The van der Waals surface area contributed by atoms with Gasteiger partial charge in [0.2, 0.25) is 0 Å². The highest BCUT2D eigenvalue weighted by atomic mass is 16.3. The van der Waals surface area contributed by atoms with E-state index in [9.17, 15) is 5.11 Å². The van der Waals surface area contributed by atoms with Crippen LogP contribution < -0.4 is 15.5 Å². The van der Waals surface area contributed by atoms with Crippen LogP contribution in [0.3, 0.4) is 0 Å². The van der Waals surface area contributed by atoms with Crippen molar-refractivity contribution in [2.24, 2.45) is 0 Å². The standard InChI is InChI=1S/C24H30N6O/c25-22-23(29-13-11-28(12-14-29)15-16-31)26-19-27-24(22)30(17-20-7-3-1-4-8-20)18-21-9-5-2-6-10-21/h1-10,19,31H,11-18,25H2. The average molecular weight is 419 g/mol. The topological polar surface area (TPSA) is 81.8 Å². The SMILES string of the molecule is Nc1c(N2CCN(CCO)CC2)ncnc1N(Cc1ccccc1)Cc1ccccc1. The van der Waals surface area contributed by atoms with Gasteiger partial charge in [-0.15, -0.1) is 0 Å². The number of anilines is 3. The molecular formula is C24H30N6O. The van der Waals surface area contributed by atoms with Gasteiger partial charge in [0.25, 0.3) is 0 Å². The molecule has 1 aromatic heterocycles. The smallest absolute Gasteiger partial charge is 0.158 e. The Morgan fingerprint density at radius 3 is 1.97 bits per heavy atom. The minimum Gasteiger partial charge on any atom is -0.395 e. The molecule has 31 heavy (non-hydrogen) atoms. The van der Waals surface area contributed by atoms with Gasteiger partial charge in [-0.05, 0) is 11.1 Å². The van der Waals surface area contributed by atoms with Gasteiger partial charge in [0.15, 0.2) is 11.6 Å². The van der Waals surface area contributed by atoms with Crippen molar-refractivity contribution in [1.29, 1.82) is 0 Å². The van der Waals surface area contributed by atoms with E-state index in [0.29, 0.717) is 25.3 Å². The van der Waals surface area contributed by atoms with E-state index in [4.69, 9.17) is 5.73 Å². The number of hydrogen-bond acceptors (Lipinski definition) is 7. The van der Waals surface area contributed by atoms with E-state index in [2.05, 4.69) is 73.2 Å². The van der Waals surface area contributed by atoms with Gasteiger partial charge in [0.05, 0.1) is 6.61 Å². The first-order valence-corrected chi connectivity index (χ1v) is 10.8. The number of nitrogens with two attached hydrogens (primary N) is 1. The molecule has 3 aromatic rings. The summed E-state index contributed by atoms with van der Waals surface area (Å²) >= 11 is 0. The van der Waals surface area contributed by atoms with Crippen molar-refractivity contribution in [3.63, 3.8) is 0 Å². The minimum absolute atomic E-state index is 0.188. The molecule has 0 radical (unpaired) electrons. The van der Waals surface area contributed by atoms with Crippen LogP contribution in [0.1, 0.15) is 11.1 Å². The van der Waals surface area contributed by atoms with Crippen LogP contribution in [0, 0.1) is 0 Å². The van der Waals surface area contributed by atoms with Crippen LogP contribution in [0.4, 0.5) is 17.3 Å². The Balaban J connectivity index is 1.59. The molecule has 0 unspecified atom stereocenters. The molecule has 7 nitrogen and oxygen atoms in total. The van der Waals surface area contributed by atoms with Gasteiger partial charge in [-0.25, -0.2) is 9.97 Å². The molecule has 1 fully saturated rings. The normalized spacial score (nSPS) is 14.5. The third-order valence-electron chi connectivity index (χ3n) is 5.66. The fourth-order valence-electron chi connectivity index (χ4n) is 4.02. The lowest BCUT2D eigenvalue weighted by Gasteiger charge is -2.36. The third-order valence-corrected chi connectivity index (χ3v) is 5.66. The van der Waals surface area contributed by atoms with Gasteiger partial charge < -0.3 is 20.6 Å². The number of β-amino-alcohol motifs (C(OH)–C–C–N with tert-alkyl or cyclic N) is 1. The fraction of sp³-hybridized carbons (Fsp3) is 0.333. The summed E-state index contributed by atoms with van der Waals surface area (Å²) in [6, 6.07) is 20.7. The fourth-order valence-corrected chi connectivity index (χ4v) is 4.02. The van der Waals surface area contributed by atoms with E-state index in [1.807, 2.05) is 12.1 Å². The Morgan fingerprint density at radius 1 is 0.839 bits per heavy atom. The van der Waals surface area contributed by atoms with E-state index in [1.165, 1.54) is 11.1 Å². The summed E-state index contributed by atoms with van der Waals surface area (Å²) in [6.07, 6.45) is 1.62. The predicted octanol–water partition coefficient (Wildman–Crippen LogP) is 2.38. The van der Waals surface area contributed by atoms with Crippen molar-refractivity contribution < 1.29 is 5.11 Å². The summed E-state index contributed by atoms with van der Waals surface area (Å²) in [5.41, 5.74) is 9.68. The van der Waals surface area contributed by atoms with Crippen LogP contribution in [-0.4, -0.2) is 59.3 Å². The zero-order valence-corrected chi connectivity index (χ0v) is 17.8. The van der Waals surface area contributed by atoms with Crippen LogP contribution in [0.25, 0.3) is 0 Å². The van der Waals surface area contributed by atoms with Gasteiger partial charge in [0.1, 0.15) is 12.0 Å². The third kappa shape index (κ3) is 5.31. The predicted molar refractivity (Wildman–Crippen MR) is 125 cm³/mol. The molecule has 0 amide bonds. The average Bonchev–Trinajstić information content (AvgIpc) is 2.81. The lowest BCUT2D eigenvalue weighted by molar-refractivity contribution is 0.188. The molecule has 162 valence electrons. The molecule has 4 rings (SSSR count). The first-order valence-electron chi connectivity index (χ1n) is 10.8. The molecule has 1 saturated heterocycles. The highest BCUT2D eigenvalue weighted by Gasteiger charge is 2.23. The molecule has 3 N–H and O–H groups in total. The van der Waals surface area contributed by atoms with Gasteiger partial charge in [-0.1, -0.05) is 60.7 Å². The number of aromatic nitrogens is 2. The number of aliphatic hydroxyl groups is 1. The van der Waals surface area contributed by atoms with Crippen LogP contribution in [0.5, 0.6) is 0 Å².